The smallest absolute Gasteiger partial charge is 0.251 e. The second-order valence-electron chi connectivity index (χ2n) is 7.12. The van der Waals surface area contributed by atoms with Crippen molar-refractivity contribution in [2.75, 3.05) is 56.7 Å². The molecule has 1 saturated heterocycles. The summed E-state index contributed by atoms with van der Waals surface area (Å²) in [6.07, 6.45) is 2.39. The first-order valence-corrected chi connectivity index (χ1v) is 9.04. The number of carbonyl (C=O) groups is 1. The molecule has 7 nitrogen and oxygen atoms in total. The third-order valence-electron chi connectivity index (χ3n) is 4.35. The molecular weight excluding hydrogens is 318 g/mol. The van der Waals surface area contributed by atoms with Gasteiger partial charge in [-0.05, 0) is 25.3 Å². The van der Waals surface area contributed by atoms with E-state index in [0.717, 1.165) is 25.3 Å². The zero-order chi connectivity index (χ0) is 18.4. The summed E-state index contributed by atoms with van der Waals surface area (Å²) < 4.78 is 5.69. The monoisotopic (exact) mass is 349 g/mol. The van der Waals surface area contributed by atoms with Crippen molar-refractivity contribution in [2.24, 2.45) is 5.92 Å². The number of hydrogen-bond donors (Lipinski definition) is 0. The van der Waals surface area contributed by atoms with Crippen LogP contribution in [-0.2, 0) is 9.53 Å². The van der Waals surface area contributed by atoms with E-state index in [1.807, 2.05) is 36.9 Å². The lowest BCUT2D eigenvalue weighted by molar-refractivity contribution is -0.143. The van der Waals surface area contributed by atoms with Gasteiger partial charge in [-0.25, -0.2) is 4.98 Å². The second-order valence-corrected chi connectivity index (χ2v) is 7.12. The lowest BCUT2D eigenvalue weighted by Crippen LogP contribution is -2.51. The number of aromatic nitrogens is 2. The van der Waals surface area contributed by atoms with Crippen LogP contribution in [0.25, 0.3) is 0 Å². The first kappa shape index (κ1) is 19.4. The van der Waals surface area contributed by atoms with Crippen LogP contribution in [0.2, 0.25) is 0 Å². The number of anilines is 2. The number of amides is 1. The van der Waals surface area contributed by atoms with Crippen molar-refractivity contribution in [2.45, 2.75) is 33.3 Å². The Labute approximate surface area is 151 Å². The van der Waals surface area contributed by atoms with Gasteiger partial charge in [0.25, 0.3) is 5.91 Å². The molecule has 25 heavy (non-hydrogen) atoms. The van der Waals surface area contributed by atoms with Gasteiger partial charge < -0.3 is 19.4 Å². The average Bonchev–Trinajstić information content (AvgIpc) is 2.61. The lowest BCUT2D eigenvalue weighted by Gasteiger charge is -2.36. The standard InChI is InChI=1S/C18H31N5O2/c1-14(2)7-13-25-15(3)17(24)23-11-9-22(10-12-23)16-6-8-19-18(20-16)21(4)5/h6,8,14-15H,7,9-13H2,1-5H3/t15-/m0/s1. The molecule has 1 amide bonds. The maximum absolute atomic E-state index is 12.5. The first-order valence-electron chi connectivity index (χ1n) is 9.04. The Hall–Kier alpha value is -1.89. The Morgan fingerprint density at radius 3 is 2.52 bits per heavy atom. The van der Waals surface area contributed by atoms with E-state index in [-0.39, 0.29) is 12.0 Å². The number of carbonyl (C=O) groups excluding carboxylic acids is 1. The molecule has 0 radical (unpaired) electrons. The average molecular weight is 349 g/mol. The van der Waals surface area contributed by atoms with E-state index in [0.29, 0.717) is 31.6 Å². The molecule has 0 bridgehead atoms. The molecule has 1 aromatic rings. The number of piperazine rings is 1. The molecule has 1 aromatic heterocycles. The summed E-state index contributed by atoms with van der Waals surface area (Å²) in [4.78, 5) is 27.3. The van der Waals surface area contributed by atoms with Crippen LogP contribution in [0.5, 0.6) is 0 Å². The molecule has 2 rings (SSSR count). The van der Waals surface area contributed by atoms with Crippen molar-refractivity contribution < 1.29 is 9.53 Å². The van der Waals surface area contributed by atoms with Crippen LogP contribution in [0.1, 0.15) is 27.2 Å². The first-order chi connectivity index (χ1) is 11.9. The maximum Gasteiger partial charge on any atom is 0.251 e. The van der Waals surface area contributed by atoms with Crippen molar-refractivity contribution >= 4 is 17.7 Å². The van der Waals surface area contributed by atoms with E-state index in [1.165, 1.54) is 0 Å². The zero-order valence-electron chi connectivity index (χ0n) is 16.1. The molecule has 1 fully saturated rings. The molecule has 0 spiro atoms. The Bertz CT molecular complexity index is 556. The van der Waals surface area contributed by atoms with Gasteiger partial charge in [-0.15, -0.1) is 0 Å². The fourth-order valence-electron chi connectivity index (χ4n) is 2.70. The Balaban J connectivity index is 1.84. The van der Waals surface area contributed by atoms with Gasteiger partial charge in [-0.2, -0.15) is 4.98 Å². The Morgan fingerprint density at radius 1 is 1.24 bits per heavy atom. The molecule has 0 saturated carbocycles. The molecule has 0 aliphatic carbocycles. The molecular formula is C18H31N5O2. The molecule has 1 aliphatic heterocycles. The van der Waals surface area contributed by atoms with Crippen LogP contribution in [0.4, 0.5) is 11.8 Å². The van der Waals surface area contributed by atoms with Gasteiger partial charge in [0, 0.05) is 53.1 Å². The van der Waals surface area contributed by atoms with Gasteiger partial charge >= 0.3 is 0 Å². The topological polar surface area (TPSA) is 61.8 Å². The molecule has 7 heteroatoms. The third-order valence-corrected chi connectivity index (χ3v) is 4.35. The van der Waals surface area contributed by atoms with Crippen molar-refractivity contribution in [1.29, 1.82) is 0 Å². The molecule has 0 aromatic carbocycles. The summed E-state index contributed by atoms with van der Waals surface area (Å²) in [5.41, 5.74) is 0. The maximum atomic E-state index is 12.5. The SMILES string of the molecule is CC(C)CCO[C@@H](C)C(=O)N1CCN(c2ccnc(N(C)C)n2)CC1. The van der Waals surface area contributed by atoms with Crippen molar-refractivity contribution in [3.63, 3.8) is 0 Å². The molecule has 1 atom stereocenters. The van der Waals surface area contributed by atoms with Crippen LogP contribution in [0.15, 0.2) is 12.3 Å². The summed E-state index contributed by atoms with van der Waals surface area (Å²) in [6.45, 7) is 9.73. The zero-order valence-corrected chi connectivity index (χ0v) is 16.1. The van der Waals surface area contributed by atoms with E-state index in [2.05, 4.69) is 28.7 Å². The summed E-state index contributed by atoms with van der Waals surface area (Å²) in [5, 5.41) is 0. The van der Waals surface area contributed by atoms with E-state index >= 15 is 0 Å². The molecule has 2 heterocycles. The van der Waals surface area contributed by atoms with Crippen molar-refractivity contribution in [1.82, 2.24) is 14.9 Å². The minimum Gasteiger partial charge on any atom is -0.369 e. The molecule has 1 aliphatic rings. The van der Waals surface area contributed by atoms with E-state index in [9.17, 15) is 4.79 Å². The highest BCUT2D eigenvalue weighted by Crippen LogP contribution is 2.16. The quantitative estimate of drug-likeness (QED) is 0.746. The number of rotatable bonds is 7. The van der Waals surface area contributed by atoms with Gasteiger partial charge in [0.05, 0.1) is 0 Å². The highest BCUT2D eigenvalue weighted by Gasteiger charge is 2.26. The number of nitrogens with zero attached hydrogens (tertiary/aromatic N) is 5. The van der Waals surface area contributed by atoms with Gasteiger partial charge in [-0.3, -0.25) is 4.79 Å². The predicted molar refractivity (Wildman–Crippen MR) is 100 cm³/mol. The molecule has 0 N–H and O–H groups in total. The second kappa shape index (κ2) is 8.99. The van der Waals surface area contributed by atoms with Crippen LogP contribution in [0, 0.1) is 5.92 Å². The van der Waals surface area contributed by atoms with Crippen LogP contribution in [0.3, 0.4) is 0 Å². The van der Waals surface area contributed by atoms with Gasteiger partial charge in [0.1, 0.15) is 11.9 Å². The summed E-state index contributed by atoms with van der Waals surface area (Å²) in [5.74, 6) is 2.28. The summed E-state index contributed by atoms with van der Waals surface area (Å²) in [7, 11) is 3.85. The fourth-order valence-corrected chi connectivity index (χ4v) is 2.70. The van der Waals surface area contributed by atoms with Gasteiger partial charge in [0.2, 0.25) is 5.95 Å². The van der Waals surface area contributed by atoms with E-state index in [1.54, 1.807) is 6.20 Å². The minimum absolute atomic E-state index is 0.0834. The van der Waals surface area contributed by atoms with Crippen molar-refractivity contribution in [3.05, 3.63) is 12.3 Å². The van der Waals surface area contributed by atoms with Crippen LogP contribution < -0.4 is 9.80 Å². The largest absolute Gasteiger partial charge is 0.369 e. The van der Waals surface area contributed by atoms with E-state index in [4.69, 9.17) is 4.74 Å². The highest BCUT2D eigenvalue weighted by atomic mass is 16.5. The van der Waals surface area contributed by atoms with Gasteiger partial charge in [-0.1, -0.05) is 13.8 Å². The Kier molecular flexibility index (Phi) is 6.99. The number of hydrogen-bond acceptors (Lipinski definition) is 6. The normalized spacial score (nSPS) is 16.2. The van der Waals surface area contributed by atoms with E-state index < -0.39 is 0 Å². The highest BCUT2D eigenvalue weighted by molar-refractivity contribution is 5.80. The third kappa shape index (κ3) is 5.56. The summed E-state index contributed by atoms with van der Waals surface area (Å²) in [6, 6.07) is 1.92. The van der Waals surface area contributed by atoms with Crippen molar-refractivity contribution in [3.8, 4) is 0 Å². The van der Waals surface area contributed by atoms with Gasteiger partial charge in [0.15, 0.2) is 0 Å². The van der Waals surface area contributed by atoms with Crippen LogP contribution >= 0.6 is 0 Å². The number of ether oxygens (including phenoxy) is 1. The van der Waals surface area contributed by atoms with Crippen LogP contribution in [-0.4, -0.2) is 73.8 Å². The fraction of sp³-hybridized carbons (Fsp3) is 0.722. The predicted octanol–water partition coefficient (Wildman–Crippen LogP) is 1.64. The lowest BCUT2D eigenvalue weighted by atomic mass is 10.1. The Morgan fingerprint density at radius 2 is 1.92 bits per heavy atom. The molecule has 140 valence electrons. The molecule has 0 unspecified atom stereocenters. The summed E-state index contributed by atoms with van der Waals surface area (Å²) >= 11 is 0. The minimum atomic E-state index is -0.371.